The molecule has 58 heavy (non-hydrogen) atoms. The van der Waals surface area contributed by atoms with Gasteiger partial charge in [-0.15, -0.1) is 0 Å². The van der Waals surface area contributed by atoms with Crippen LogP contribution in [0.3, 0.4) is 0 Å². The van der Waals surface area contributed by atoms with Gasteiger partial charge in [-0.3, -0.25) is 4.40 Å². The van der Waals surface area contributed by atoms with E-state index in [9.17, 15) is 0 Å². The first-order valence-corrected chi connectivity index (χ1v) is 20.0. The van der Waals surface area contributed by atoms with Crippen LogP contribution in [0.1, 0.15) is 12.0 Å². The third-order valence-electron chi connectivity index (χ3n) is 12.3. The van der Waals surface area contributed by atoms with E-state index in [2.05, 4.69) is 179 Å². The molecule has 0 fully saturated rings. The molecule has 0 atom stereocenters. The van der Waals surface area contributed by atoms with Gasteiger partial charge in [-0.1, -0.05) is 133 Å². The standard InChI is InChI=1S/C53H33N5/c1-3-13-33(14-4-1)52-55-49(37-23-22-32-12-7-8-17-35(32)30-37)42-26-24-36-31-38(25-27-39(36)50(42)56-52)57-45-21-11-19-41-40-18-9-10-20-44(40)58-51-43(28-29-46(57)48(51)47(41)45)54-53(58)34-15-5-2-6-16-34/h1-10,12-18,20-31H,11,19H2. The van der Waals surface area contributed by atoms with Crippen LogP contribution in [0.15, 0.2) is 170 Å². The summed E-state index contributed by atoms with van der Waals surface area (Å²) in [5.41, 5.74) is 12.2. The van der Waals surface area contributed by atoms with Crippen LogP contribution in [0, 0.1) is 0 Å². The summed E-state index contributed by atoms with van der Waals surface area (Å²) in [6.07, 6.45) is 4.41. The maximum atomic E-state index is 5.32. The van der Waals surface area contributed by atoms with Crippen molar-refractivity contribution in [1.29, 1.82) is 0 Å². The SMILES string of the molecule is C1=c2c3c(c4ccccc4n4c(-c5ccccc5)nc5ccc(c3c54)n2-c2ccc3c(ccc4c(-c5ccc6ccccc6c5)nc(-c5ccccc5)nc43)c2)CC1. The molecule has 13 rings (SSSR count). The van der Waals surface area contributed by atoms with Gasteiger partial charge in [-0.2, -0.15) is 0 Å². The Morgan fingerprint density at radius 1 is 0.483 bits per heavy atom. The molecule has 270 valence electrons. The molecule has 0 spiro atoms. The van der Waals surface area contributed by atoms with E-state index in [0.29, 0.717) is 0 Å². The van der Waals surface area contributed by atoms with Crippen molar-refractivity contribution in [3.63, 3.8) is 0 Å². The summed E-state index contributed by atoms with van der Waals surface area (Å²) < 4.78 is 4.90. The fourth-order valence-corrected chi connectivity index (χ4v) is 9.74. The Bertz CT molecular complexity index is 3730. The van der Waals surface area contributed by atoms with Crippen LogP contribution >= 0.6 is 0 Å². The lowest BCUT2D eigenvalue weighted by Gasteiger charge is -2.14. The first-order valence-electron chi connectivity index (χ1n) is 20.0. The Labute approximate surface area is 332 Å². The Balaban J connectivity index is 1.09. The van der Waals surface area contributed by atoms with E-state index in [4.69, 9.17) is 15.0 Å². The largest absolute Gasteiger partial charge is 0.309 e. The fraction of sp³-hybridized carbons (Fsp3) is 0.0377. The number of imidazole rings is 1. The molecule has 1 aliphatic rings. The summed E-state index contributed by atoms with van der Waals surface area (Å²) in [6, 6.07) is 60.8. The maximum absolute atomic E-state index is 5.32. The maximum Gasteiger partial charge on any atom is 0.160 e. The monoisotopic (exact) mass is 739 g/mol. The molecule has 0 radical (unpaired) electrons. The highest BCUT2D eigenvalue weighted by Gasteiger charge is 2.25. The average molecular weight is 740 g/mol. The fourth-order valence-electron chi connectivity index (χ4n) is 9.74. The lowest BCUT2D eigenvalue weighted by atomic mass is 9.97. The minimum Gasteiger partial charge on any atom is -0.309 e. The van der Waals surface area contributed by atoms with Crippen molar-refractivity contribution in [2.24, 2.45) is 0 Å². The third-order valence-corrected chi connectivity index (χ3v) is 12.3. The Morgan fingerprint density at radius 2 is 1.24 bits per heavy atom. The van der Waals surface area contributed by atoms with Gasteiger partial charge in [0.2, 0.25) is 0 Å². The van der Waals surface area contributed by atoms with Crippen molar-refractivity contribution >= 4 is 76.7 Å². The average Bonchev–Trinajstić information content (AvgIpc) is 3.81. The molecule has 5 nitrogen and oxygen atoms in total. The molecule has 0 N–H and O–H groups in total. The molecule has 0 saturated heterocycles. The summed E-state index contributed by atoms with van der Waals surface area (Å²) in [5, 5.41) is 10.8. The Hall–Kier alpha value is -7.63. The number of hydrogen-bond donors (Lipinski definition) is 0. The molecule has 4 aromatic heterocycles. The number of hydrogen-bond acceptors (Lipinski definition) is 3. The summed E-state index contributed by atoms with van der Waals surface area (Å²) >= 11 is 0. The second-order valence-electron chi connectivity index (χ2n) is 15.5. The number of nitrogens with zero attached hydrogens (tertiary/aromatic N) is 5. The molecule has 0 unspecified atom stereocenters. The first kappa shape index (κ1) is 31.6. The van der Waals surface area contributed by atoms with Crippen LogP contribution in [-0.4, -0.2) is 23.9 Å². The van der Waals surface area contributed by atoms with Crippen LogP contribution in [0.25, 0.3) is 116 Å². The zero-order valence-corrected chi connectivity index (χ0v) is 31.4. The molecule has 5 heteroatoms. The number of aromatic nitrogens is 5. The second-order valence-corrected chi connectivity index (χ2v) is 15.5. The molecular formula is C53H33N5. The van der Waals surface area contributed by atoms with Gasteiger partial charge in [-0.25, -0.2) is 15.0 Å². The van der Waals surface area contributed by atoms with Crippen molar-refractivity contribution in [1.82, 2.24) is 23.9 Å². The van der Waals surface area contributed by atoms with Crippen molar-refractivity contribution in [3.05, 3.63) is 181 Å². The zero-order chi connectivity index (χ0) is 37.9. The van der Waals surface area contributed by atoms with E-state index in [0.717, 1.165) is 79.8 Å². The van der Waals surface area contributed by atoms with E-state index < -0.39 is 0 Å². The number of aryl methyl sites for hydroxylation is 1. The highest BCUT2D eigenvalue weighted by Crippen LogP contribution is 2.41. The van der Waals surface area contributed by atoms with Gasteiger partial charge in [0.05, 0.1) is 38.6 Å². The molecule has 0 saturated carbocycles. The second kappa shape index (κ2) is 11.9. The van der Waals surface area contributed by atoms with E-state index in [1.54, 1.807) is 0 Å². The van der Waals surface area contributed by atoms with Crippen LogP contribution in [0.5, 0.6) is 0 Å². The van der Waals surface area contributed by atoms with Gasteiger partial charge < -0.3 is 4.57 Å². The molecule has 4 heterocycles. The van der Waals surface area contributed by atoms with Crippen LogP contribution < -0.4 is 5.35 Å². The van der Waals surface area contributed by atoms with Crippen molar-refractivity contribution in [2.75, 3.05) is 0 Å². The Kier molecular flexibility index (Phi) is 6.50. The summed E-state index contributed by atoms with van der Waals surface area (Å²) in [4.78, 5) is 15.9. The summed E-state index contributed by atoms with van der Waals surface area (Å²) in [7, 11) is 0. The lowest BCUT2D eigenvalue weighted by Crippen LogP contribution is -2.17. The highest BCUT2D eigenvalue weighted by molar-refractivity contribution is 6.19. The van der Waals surface area contributed by atoms with Gasteiger partial charge in [-0.05, 0) is 77.0 Å². The highest BCUT2D eigenvalue weighted by atomic mass is 15.0. The molecular weight excluding hydrogens is 707 g/mol. The van der Waals surface area contributed by atoms with E-state index in [-0.39, 0.29) is 0 Å². The number of benzene rings is 8. The van der Waals surface area contributed by atoms with Crippen LogP contribution in [0.4, 0.5) is 0 Å². The number of para-hydroxylation sites is 1. The van der Waals surface area contributed by atoms with Crippen LogP contribution in [0.2, 0.25) is 0 Å². The summed E-state index contributed by atoms with van der Waals surface area (Å²) in [6.45, 7) is 0. The first-order chi connectivity index (χ1) is 28.8. The zero-order valence-electron chi connectivity index (χ0n) is 31.4. The van der Waals surface area contributed by atoms with Gasteiger partial charge >= 0.3 is 0 Å². The lowest BCUT2D eigenvalue weighted by molar-refractivity contribution is 1.00. The predicted octanol–water partition coefficient (Wildman–Crippen LogP) is 12.3. The van der Waals surface area contributed by atoms with Crippen molar-refractivity contribution < 1.29 is 0 Å². The van der Waals surface area contributed by atoms with Crippen LogP contribution in [-0.2, 0) is 6.42 Å². The molecule has 8 aromatic carbocycles. The third kappa shape index (κ3) is 4.44. The number of fused-ring (bicyclic) bond motifs is 7. The van der Waals surface area contributed by atoms with Crippen molar-refractivity contribution in [2.45, 2.75) is 12.8 Å². The normalized spacial score (nSPS) is 12.8. The molecule has 1 aliphatic carbocycles. The van der Waals surface area contributed by atoms with Gasteiger partial charge in [0.25, 0.3) is 0 Å². The number of rotatable bonds is 4. The molecule has 12 aromatic rings. The van der Waals surface area contributed by atoms with E-state index >= 15 is 0 Å². The molecule has 0 amide bonds. The molecule has 0 aliphatic heterocycles. The quantitative estimate of drug-likeness (QED) is 0.169. The topological polar surface area (TPSA) is 48.0 Å². The minimum atomic E-state index is 0.723. The summed E-state index contributed by atoms with van der Waals surface area (Å²) in [5.74, 6) is 1.69. The van der Waals surface area contributed by atoms with E-state index in [1.807, 2.05) is 6.07 Å². The minimum absolute atomic E-state index is 0.723. The smallest absolute Gasteiger partial charge is 0.160 e. The van der Waals surface area contributed by atoms with Gasteiger partial charge in [0, 0.05) is 49.3 Å². The van der Waals surface area contributed by atoms with Gasteiger partial charge in [0.1, 0.15) is 5.82 Å². The Morgan fingerprint density at radius 3 is 2.12 bits per heavy atom. The van der Waals surface area contributed by atoms with E-state index in [1.165, 1.54) is 54.4 Å². The van der Waals surface area contributed by atoms with Crippen molar-refractivity contribution in [3.8, 4) is 39.7 Å². The van der Waals surface area contributed by atoms with Gasteiger partial charge in [0.15, 0.2) is 5.82 Å². The predicted molar refractivity (Wildman–Crippen MR) is 239 cm³/mol. The molecule has 0 bridgehead atoms.